The Kier molecular flexibility index (Phi) is 7.85. The molecule has 1 aliphatic heterocycles. The number of rotatable bonds is 9. The third-order valence-electron chi connectivity index (χ3n) is 6.65. The number of benzene rings is 1. The highest BCUT2D eigenvalue weighted by Crippen LogP contribution is 2.33. The lowest BCUT2D eigenvalue weighted by molar-refractivity contribution is -0.110. The highest BCUT2D eigenvalue weighted by atomic mass is 32.2. The van der Waals surface area contributed by atoms with Crippen LogP contribution in [0.15, 0.2) is 40.5 Å². The molecule has 5 rings (SSSR count). The number of nitrogens with zero attached hydrogens (tertiary/aromatic N) is 3. The van der Waals surface area contributed by atoms with Crippen molar-refractivity contribution in [3.05, 3.63) is 40.9 Å². The van der Waals surface area contributed by atoms with E-state index >= 15 is 0 Å². The monoisotopic (exact) mass is 550 g/mol. The molecular formula is C24H30N4O5S3. The Morgan fingerprint density at radius 1 is 1.14 bits per heavy atom. The van der Waals surface area contributed by atoms with Gasteiger partial charge in [-0.2, -0.15) is 0 Å². The van der Waals surface area contributed by atoms with Gasteiger partial charge >= 0.3 is 0 Å². The van der Waals surface area contributed by atoms with Gasteiger partial charge in [-0.15, -0.1) is 11.3 Å². The van der Waals surface area contributed by atoms with Crippen LogP contribution in [0.3, 0.4) is 0 Å². The van der Waals surface area contributed by atoms with Crippen molar-refractivity contribution in [2.75, 3.05) is 29.9 Å². The van der Waals surface area contributed by atoms with Crippen LogP contribution in [-0.2, 0) is 36.8 Å². The maximum atomic E-state index is 13.2. The summed E-state index contributed by atoms with van der Waals surface area (Å²) in [4.78, 5) is 26.8. The third kappa shape index (κ3) is 6.21. The number of amides is 1. The molecule has 2 heterocycles. The van der Waals surface area contributed by atoms with Crippen molar-refractivity contribution < 1.29 is 22.3 Å². The second-order valence-electron chi connectivity index (χ2n) is 9.43. The topological polar surface area (TPSA) is 118 Å². The summed E-state index contributed by atoms with van der Waals surface area (Å²) in [7, 11) is -4.04. The van der Waals surface area contributed by atoms with Crippen LogP contribution in [0.25, 0.3) is 0 Å². The van der Waals surface area contributed by atoms with E-state index in [1.54, 1.807) is 18.3 Å². The number of aromatic nitrogens is 1. The zero-order valence-electron chi connectivity index (χ0n) is 19.9. The van der Waals surface area contributed by atoms with Gasteiger partial charge in [0.25, 0.3) is 5.91 Å². The summed E-state index contributed by atoms with van der Waals surface area (Å²) in [5.41, 5.74) is 0.575. The van der Waals surface area contributed by atoms with E-state index in [0.717, 1.165) is 43.6 Å². The van der Waals surface area contributed by atoms with E-state index in [4.69, 9.17) is 4.84 Å². The SMILES string of the molecule is O=C(Nc1ncc(CN2CCS(=O)CC2)s1)C(=NOC1CCCC1)c1ccc(S(=O)(=O)C2CC2)cc1. The fraction of sp³-hybridized carbons (Fsp3) is 0.542. The summed E-state index contributed by atoms with van der Waals surface area (Å²) in [5.74, 6) is 0.911. The average Bonchev–Trinajstić information content (AvgIpc) is 3.46. The van der Waals surface area contributed by atoms with Gasteiger partial charge in [0.15, 0.2) is 20.7 Å². The lowest BCUT2D eigenvalue weighted by Crippen LogP contribution is -2.36. The van der Waals surface area contributed by atoms with Crippen molar-refractivity contribution in [2.24, 2.45) is 5.16 Å². The molecule has 0 bridgehead atoms. The van der Waals surface area contributed by atoms with Crippen molar-refractivity contribution in [1.29, 1.82) is 0 Å². The van der Waals surface area contributed by atoms with Crippen LogP contribution in [0.1, 0.15) is 49.0 Å². The summed E-state index contributed by atoms with van der Waals surface area (Å²) in [6.07, 6.45) is 7.06. The zero-order chi connectivity index (χ0) is 25.1. The van der Waals surface area contributed by atoms with E-state index in [1.807, 2.05) is 0 Å². The van der Waals surface area contributed by atoms with Gasteiger partial charge in [0, 0.05) is 58.6 Å². The fourth-order valence-electron chi connectivity index (χ4n) is 4.37. The van der Waals surface area contributed by atoms with E-state index in [2.05, 4.69) is 20.4 Å². The first-order chi connectivity index (χ1) is 17.4. The average molecular weight is 551 g/mol. The molecule has 0 unspecified atom stereocenters. The summed E-state index contributed by atoms with van der Waals surface area (Å²) in [6, 6.07) is 6.29. The van der Waals surface area contributed by atoms with E-state index in [0.29, 0.717) is 41.6 Å². The maximum Gasteiger partial charge on any atom is 0.280 e. The van der Waals surface area contributed by atoms with Crippen LogP contribution in [0.4, 0.5) is 5.13 Å². The molecule has 0 spiro atoms. The number of carbonyl (C=O) groups excluding carboxylic acids is 1. The number of sulfone groups is 1. The number of thiazole rings is 1. The number of carbonyl (C=O) groups is 1. The molecule has 3 fully saturated rings. The minimum absolute atomic E-state index is 0.0207. The molecule has 2 aliphatic carbocycles. The first-order valence-electron chi connectivity index (χ1n) is 12.3. The Labute approximate surface area is 217 Å². The maximum absolute atomic E-state index is 13.2. The Balaban J connectivity index is 1.30. The molecule has 1 aromatic heterocycles. The van der Waals surface area contributed by atoms with Gasteiger partial charge in [0.2, 0.25) is 0 Å². The molecule has 2 saturated carbocycles. The van der Waals surface area contributed by atoms with Crippen LogP contribution in [0.5, 0.6) is 0 Å². The summed E-state index contributed by atoms with van der Waals surface area (Å²) in [6.45, 7) is 2.27. The van der Waals surface area contributed by atoms with Gasteiger partial charge in [-0.1, -0.05) is 17.3 Å². The first kappa shape index (κ1) is 25.5. The van der Waals surface area contributed by atoms with E-state index in [1.165, 1.54) is 23.5 Å². The lowest BCUT2D eigenvalue weighted by Gasteiger charge is -2.25. The molecule has 0 atom stereocenters. The molecule has 0 radical (unpaired) electrons. The van der Waals surface area contributed by atoms with Gasteiger partial charge in [0.1, 0.15) is 6.10 Å². The van der Waals surface area contributed by atoms with Gasteiger partial charge in [-0.05, 0) is 50.7 Å². The number of anilines is 1. The van der Waals surface area contributed by atoms with Crippen LogP contribution in [0.2, 0.25) is 0 Å². The summed E-state index contributed by atoms with van der Waals surface area (Å²) >= 11 is 1.39. The molecule has 3 aliphatic rings. The Bertz CT molecular complexity index is 1240. The Morgan fingerprint density at radius 3 is 2.50 bits per heavy atom. The molecule has 1 aromatic carbocycles. The molecule has 2 aromatic rings. The van der Waals surface area contributed by atoms with E-state index in [-0.39, 0.29) is 22.0 Å². The number of nitrogens with one attached hydrogen (secondary N) is 1. The standard InChI is InChI=1S/C24H30N4O5S3/c29-23(26-24-25-15-19(34-24)16-28-11-13-35(30)14-12-28)22(27-33-18-3-1-2-4-18)17-5-7-20(8-6-17)36(31,32)21-9-10-21/h5-8,15,18,21H,1-4,9-14,16H2,(H,25,26,29). The molecule has 12 heteroatoms. The second-order valence-corrected chi connectivity index (χ2v) is 14.5. The summed E-state index contributed by atoms with van der Waals surface area (Å²) < 4.78 is 36.7. The second kappa shape index (κ2) is 11.1. The number of hydrogen-bond acceptors (Lipinski definition) is 9. The van der Waals surface area contributed by atoms with E-state index < -0.39 is 26.5 Å². The van der Waals surface area contributed by atoms with Crippen LogP contribution in [0, 0.1) is 0 Å². The minimum atomic E-state index is -3.32. The minimum Gasteiger partial charge on any atom is -0.392 e. The molecule has 1 amide bonds. The Hall–Kier alpha value is -2.15. The highest BCUT2D eigenvalue weighted by Gasteiger charge is 2.36. The molecule has 1 N–H and O–H groups in total. The van der Waals surface area contributed by atoms with Gasteiger partial charge in [-0.3, -0.25) is 19.2 Å². The van der Waals surface area contributed by atoms with Crippen molar-refractivity contribution in [3.8, 4) is 0 Å². The van der Waals surface area contributed by atoms with Gasteiger partial charge in [0.05, 0.1) is 10.1 Å². The highest BCUT2D eigenvalue weighted by molar-refractivity contribution is 7.92. The van der Waals surface area contributed by atoms with Crippen LogP contribution >= 0.6 is 11.3 Å². The molecule has 36 heavy (non-hydrogen) atoms. The lowest BCUT2D eigenvalue weighted by atomic mass is 10.1. The molecular weight excluding hydrogens is 520 g/mol. The molecule has 194 valence electrons. The normalized spacial score (nSPS) is 20.5. The van der Waals surface area contributed by atoms with Crippen LogP contribution in [-0.4, -0.2) is 70.1 Å². The Morgan fingerprint density at radius 2 is 1.83 bits per heavy atom. The number of hydrogen-bond donors (Lipinski definition) is 1. The van der Waals surface area contributed by atoms with Crippen molar-refractivity contribution in [3.63, 3.8) is 0 Å². The summed E-state index contributed by atoms with van der Waals surface area (Å²) in [5, 5.41) is 7.20. The molecule has 1 saturated heterocycles. The van der Waals surface area contributed by atoms with Crippen LogP contribution < -0.4 is 5.32 Å². The molecule has 9 nitrogen and oxygen atoms in total. The quantitative estimate of drug-likeness (QED) is 0.377. The predicted molar refractivity (Wildman–Crippen MR) is 140 cm³/mol. The van der Waals surface area contributed by atoms with Gasteiger partial charge < -0.3 is 4.84 Å². The fourth-order valence-corrected chi connectivity index (χ4v) is 8.00. The van der Waals surface area contributed by atoms with Crippen molar-refractivity contribution >= 4 is 48.7 Å². The number of oxime groups is 1. The van der Waals surface area contributed by atoms with Crippen molar-refractivity contribution in [2.45, 2.75) is 61.3 Å². The predicted octanol–water partition coefficient (Wildman–Crippen LogP) is 2.95. The smallest absolute Gasteiger partial charge is 0.280 e. The largest absolute Gasteiger partial charge is 0.392 e. The zero-order valence-corrected chi connectivity index (χ0v) is 22.4. The third-order valence-corrected chi connectivity index (χ3v) is 11.1. The first-order valence-corrected chi connectivity index (χ1v) is 16.1. The van der Waals surface area contributed by atoms with E-state index in [9.17, 15) is 17.4 Å². The van der Waals surface area contributed by atoms with Gasteiger partial charge in [-0.25, -0.2) is 13.4 Å². The van der Waals surface area contributed by atoms with Crippen molar-refractivity contribution in [1.82, 2.24) is 9.88 Å².